The van der Waals surface area contributed by atoms with Gasteiger partial charge in [-0.05, 0) is 12.1 Å². The van der Waals surface area contributed by atoms with Gasteiger partial charge in [-0.1, -0.05) is 11.6 Å². The molecule has 0 amide bonds. The summed E-state index contributed by atoms with van der Waals surface area (Å²) in [5.41, 5.74) is 0. The van der Waals surface area contributed by atoms with E-state index in [-0.39, 0.29) is 0 Å². The minimum Gasteiger partial charge on any atom is -0.378 e. The molecule has 1 aromatic heterocycles. The first-order valence-corrected chi connectivity index (χ1v) is 4.68. The Kier molecular flexibility index (Phi) is 2.66. The third kappa shape index (κ3) is 2.11. The molecule has 70 valence electrons. The highest BCUT2D eigenvalue weighted by atomic mass is 35.5. The van der Waals surface area contributed by atoms with Crippen LogP contribution in [0.1, 0.15) is 0 Å². The van der Waals surface area contributed by atoms with Crippen LogP contribution in [0.5, 0.6) is 0 Å². The Morgan fingerprint density at radius 2 is 2.15 bits per heavy atom. The number of rotatable bonds is 1. The maximum Gasteiger partial charge on any atom is 0.130 e. The first kappa shape index (κ1) is 8.78. The van der Waals surface area contributed by atoms with Crippen LogP contribution in [-0.2, 0) is 4.74 Å². The van der Waals surface area contributed by atoms with Gasteiger partial charge < -0.3 is 9.64 Å². The Bertz CT molecular complexity index is 287. The molecule has 4 heteroatoms. The maximum absolute atomic E-state index is 5.87. The molecule has 1 aliphatic rings. The van der Waals surface area contributed by atoms with Crippen LogP contribution in [0.2, 0.25) is 5.02 Å². The van der Waals surface area contributed by atoms with Crippen LogP contribution in [0, 0.1) is 0 Å². The molecule has 2 rings (SSSR count). The van der Waals surface area contributed by atoms with Crippen LogP contribution in [0.3, 0.4) is 0 Å². The molecule has 1 aliphatic heterocycles. The van der Waals surface area contributed by atoms with Crippen molar-refractivity contribution >= 4 is 17.4 Å². The van der Waals surface area contributed by atoms with Gasteiger partial charge in [-0.15, -0.1) is 0 Å². The summed E-state index contributed by atoms with van der Waals surface area (Å²) in [4.78, 5) is 6.43. The van der Waals surface area contributed by atoms with Crippen molar-refractivity contribution in [1.29, 1.82) is 0 Å². The highest BCUT2D eigenvalue weighted by Crippen LogP contribution is 2.16. The summed E-state index contributed by atoms with van der Waals surface area (Å²) in [5.74, 6) is 0.941. The van der Waals surface area contributed by atoms with Crippen molar-refractivity contribution in [2.45, 2.75) is 0 Å². The molecule has 0 radical (unpaired) electrons. The molecule has 1 fully saturated rings. The van der Waals surface area contributed by atoms with Crippen molar-refractivity contribution in [3.05, 3.63) is 23.4 Å². The van der Waals surface area contributed by atoms with E-state index in [1.54, 1.807) is 12.3 Å². The number of pyridine rings is 1. The number of hydrogen-bond donors (Lipinski definition) is 0. The molecule has 1 aromatic rings. The van der Waals surface area contributed by atoms with Crippen molar-refractivity contribution in [3.63, 3.8) is 0 Å². The number of halogens is 1. The average molecular weight is 199 g/mol. The summed E-state index contributed by atoms with van der Waals surface area (Å²) in [7, 11) is 0. The Labute approximate surface area is 82.3 Å². The molecule has 0 aromatic carbocycles. The third-order valence-corrected chi connectivity index (χ3v) is 2.28. The smallest absolute Gasteiger partial charge is 0.130 e. The van der Waals surface area contributed by atoms with Gasteiger partial charge in [-0.25, -0.2) is 4.98 Å². The summed E-state index contributed by atoms with van der Waals surface area (Å²) in [6, 6.07) is 3.67. The third-order valence-electron chi connectivity index (χ3n) is 2.04. The van der Waals surface area contributed by atoms with Crippen molar-refractivity contribution in [1.82, 2.24) is 4.98 Å². The average Bonchev–Trinajstić information content (AvgIpc) is 2.19. The molecule has 0 N–H and O–H groups in total. The molecule has 0 bridgehead atoms. The van der Waals surface area contributed by atoms with Crippen LogP contribution in [0.4, 0.5) is 5.82 Å². The summed E-state index contributed by atoms with van der Waals surface area (Å²) >= 11 is 5.87. The lowest BCUT2D eigenvalue weighted by Gasteiger charge is -2.27. The normalized spacial score (nSPS) is 17.5. The van der Waals surface area contributed by atoms with E-state index >= 15 is 0 Å². The van der Waals surface area contributed by atoms with Gasteiger partial charge in [0, 0.05) is 24.3 Å². The fourth-order valence-electron chi connectivity index (χ4n) is 1.36. The zero-order valence-corrected chi connectivity index (χ0v) is 8.00. The van der Waals surface area contributed by atoms with E-state index in [2.05, 4.69) is 9.88 Å². The Morgan fingerprint density at radius 3 is 2.85 bits per heavy atom. The Morgan fingerprint density at radius 1 is 1.38 bits per heavy atom. The second-order valence-corrected chi connectivity index (χ2v) is 3.37. The number of anilines is 1. The quantitative estimate of drug-likeness (QED) is 0.685. The second kappa shape index (κ2) is 3.94. The molecule has 3 nitrogen and oxygen atoms in total. The number of ether oxygens (including phenoxy) is 1. The van der Waals surface area contributed by atoms with Crippen molar-refractivity contribution in [3.8, 4) is 0 Å². The lowest BCUT2D eigenvalue weighted by atomic mass is 10.4. The van der Waals surface area contributed by atoms with Crippen molar-refractivity contribution in [2.75, 3.05) is 31.2 Å². The molecule has 2 heterocycles. The van der Waals surface area contributed by atoms with Crippen LogP contribution in [0.25, 0.3) is 0 Å². The topological polar surface area (TPSA) is 25.4 Å². The first-order valence-electron chi connectivity index (χ1n) is 4.30. The van der Waals surface area contributed by atoms with Gasteiger partial charge in [0.15, 0.2) is 0 Å². The standard InChI is InChI=1S/C9H11ClN2O/c10-8-1-2-11-9(7-8)12-3-5-13-6-4-12/h1-2,7H,3-6H2. The molecular weight excluding hydrogens is 188 g/mol. The summed E-state index contributed by atoms with van der Waals surface area (Å²) in [5, 5.41) is 0.733. The number of aromatic nitrogens is 1. The minimum atomic E-state index is 0.733. The van der Waals surface area contributed by atoms with Gasteiger partial charge >= 0.3 is 0 Å². The molecule has 0 atom stereocenters. The molecule has 13 heavy (non-hydrogen) atoms. The van der Waals surface area contributed by atoms with Gasteiger partial charge in [0.05, 0.1) is 13.2 Å². The second-order valence-electron chi connectivity index (χ2n) is 2.93. The van der Waals surface area contributed by atoms with Crippen LogP contribution in [0.15, 0.2) is 18.3 Å². The predicted molar refractivity (Wildman–Crippen MR) is 52.3 cm³/mol. The zero-order valence-electron chi connectivity index (χ0n) is 7.24. The van der Waals surface area contributed by atoms with E-state index < -0.39 is 0 Å². The van der Waals surface area contributed by atoms with E-state index in [1.165, 1.54) is 0 Å². The zero-order chi connectivity index (χ0) is 9.10. The molecule has 0 aliphatic carbocycles. The minimum absolute atomic E-state index is 0.733. The lowest BCUT2D eigenvalue weighted by molar-refractivity contribution is 0.122. The number of morpholine rings is 1. The number of hydrogen-bond acceptors (Lipinski definition) is 3. The highest BCUT2D eigenvalue weighted by molar-refractivity contribution is 6.30. The Balaban J connectivity index is 2.14. The molecule has 0 saturated carbocycles. The SMILES string of the molecule is Clc1ccnc(N2CCOCC2)c1. The van der Waals surface area contributed by atoms with E-state index in [4.69, 9.17) is 16.3 Å². The van der Waals surface area contributed by atoms with Gasteiger partial charge in [0.2, 0.25) is 0 Å². The van der Waals surface area contributed by atoms with E-state index in [9.17, 15) is 0 Å². The van der Waals surface area contributed by atoms with Crippen LogP contribution >= 0.6 is 11.6 Å². The molecule has 0 unspecified atom stereocenters. The maximum atomic E-state index is 5.87. The van der Waals surface area contributed by atoms with E-state index in [0.717, 1.165) is 37.1 Å². The van der Waals surface area contributed by atoms with E-state index in [0.29, 0.717) is 0 Å². The van der Waals surface area contributed by atoms with Crippen LogP contribution < -0.4 is 4.90 Å². The molecule has 1 saturated heterocycles. The van der Waals surface area contributed by atoms with Gasteiger partial charge in [0.1, 0.15) is 5.82 Å². The fourth-order valence-corrected chi connectivity index (χ4v) is 1.51. The van der Waals surface area contributed by atoms with Crippen molar-refractivity contribution < 1.29 is 4.74 Å². The summed E-state index contributed by atoms with van der Waals surface area (Å²) < 4.78 is 5.25. The van der Waals surface area contributed by atoms with Gasteiger partial charge in [-0.2, -0.15) is 0 Å². The Hall–Kier alpha value is -0.800. The number of nitrogens with zero attached hydrogens (tertiary/aromatic N) is 2. The van der Waals surface area contributed by atoms with Gasteiger partial charge in [0.25, 0.3) is 0 Å². The van der Waals surface area contributed by atoms with E-state index in [1.807, 2.05) is 6.07 Å². The lowest BCUT2D eigenvalue weighted by Crippen LogP contribution is -2.36. The van der Waals surface area contributed by atoms with Crippen LogP contribution in [-0.4, -0.2) is 31.3 Å². The fraction of sp³-hybridized carbons (Fsp3) is 0.444. The molecule has 0 spiro atoms. The highest BCUT2D eigenvalue weighted by Gasteiger charge is 2.11. The largest absolute Gasteiger partial charge is 0.378 e. The summed E-state index contributed by atoms with van der Waals surface area (Å²) in [6.07, 6.45) is 1.73. The summed E-state index contributed by atoms with van der Waals surface area (Å²) in [6.45, 7) is 3.34. The van der Waals surface area contributed by atoms with Crippen molar-refractivity contribution in [2.24, 2.45) is 0 Å². The first-order chi connectivity index (χ1) is 6.36. The predicted octanol–water partition coefficient (Wildman–Crippen LogP) is 1.57. The monoisotopic (exact) mass is 198 g/mol. The molecular formula is C9H11ClN2O. The van der Waals surface area contributed by atoms with Gasteiger partial charge in [-0.3, -0.25) is 0 Å².